The molecule has 0 saturated heterocycles. The molecule has 1 aliphatic rings. The second-order valence-corrected chi connectivity index (χ2v) is 9.61. The summed E-state index contributed by atoms with van der Waals surface area (Å²) in [6.07, 6.45) is 9.83. The van der Waals surface area contributed by atoms with Crippen molar-refractivity contribution in [3.8, 4) is 11.5 Å². The molecule has 6 heteroatoms. The summed E-state index contributed by atoms with van der Waals surface area (Å²) in [5, 5.41) is 23.5. The zero-order valence-corrected chi connectivity index (χ0v) is 21.4. The van der Waals surface area contributed by atoms with E-state index < -0.39 is 0 Å². The van der Waals surface area contributed by atoms with Crippen molar-refractivity contribution in [1.82, 2.24) is 10.2 Å². The zero-order valence-electron chi connectivity index (χ0n) is 21.4. The van der Waals surface area contributed by atoms with Crippen LogP contribution in [0.25, 0.3) is 0 Å². The number of rotatable bonds is 14. The van der Waals surface area contributed by atoms with Crippen LogP contribution in [0.5, 0.6) is 11.5 Å². The van der Waals surface area contributed by atoms with Crippen molar-refractivity contribution in [3.63, 3.8) is 0 Å². The van der Waals surface area contributed by atoms with E-state index in [1.165, 1.54) is 43.9 Å². The number of aromatic hydroxyl groups is 2. The minimum Gasteiger partial charge on any atom is -0.504 e. The normalized spacial score (nSPS) is 15.2. The number of phenolic OH excluding ortho intramolecular Hbond substituents is 2. The molecule has 0 aliphatic heterocycles. The predicted molar refractivity (Wildman–Crippen MR) is 140 cm³/mol. The van der Waals surface area contributed by atoms with E-state index in [-0.39, 0.29) is 17.5 Å². The molecule has 3 N–H and O–H groups in total. The van der Waals surface area contributed by atoms with Crippen molar-refractivity contribution in [3.05, 3.63) is 58.7 Å². The number of carbonyl (C=O) groups is 1. The number of methoxy groups -OCH3 is 1. The van der Waals surface area contributed by atoms with E-state index in [1.807, 2.05) is 30.3 Å². The number of esters is 1. The SMILES string of the molecule is CCCN(CCCCCCNCCc1ccc(C(=O)OC)cc1)C1CCc2c(ccc(O)c2O)C1. The lowest BCUT2D eigenvalue weighted by Gasteiger charge is -2.35. The highest BCUT2D eigenvalue weighted by molar-refractivity contribution is 5.89. The Morgan fingerprint density at radius 3 is 2.54 bits per heavy atom. The molecule has 0 radical (unpaired) electrons. The number of nitrogens with one attached hydrogen (secondary N) is 1. The van der Waals surface area contributed by atoms with Crippen LogP contribution in [0, 0.1) is 0 Å². The van der Waals surface area contributed by atoms with E-state index in [9.17, 15) is 15.0 Å². The monoisotopic (exact) mass is 482 g/mol. The third kappa shape index (κ3) is 7.97. The molecule has 1 aliphatic carbocycles. The maximum atomic E-state index is 11.5. The second-order valence-electron chi connectivity index (χ2n) is 9.61. The largest absolute Gasteiger partial charge is 0.504 e. The maximum absolute atomic E-state index is 11.5. The van der Waals surface area contributed by atoms with Crippen LogP contribution in [0.4, 0.5) is 0 Å². The molecule has 0 bridgehead atoms. The van der Waals surface area contributed by atoms with Crippen molar-refractivity contribution in [1.29, 1.82) is 0 Å². The Morgan fingerprint density at radius 2 is 1.80 bits per heavy atom. The summed E-state index contributed by atoms with van der Waals surface area (Å²) in [4.78, 5) is 14.1. The van der Waals surface area contributed by atoms with Crippen molar-refractivity contribution < 1.29 is 19.7 Å². The van der Waals surface area contributed by atoms with Gasteiger partial charge in [0.05, 0.1) is 12.7 Å². The van der Waals surface area contributed by atoms with Gasteiger partial charge in [-0.2, -0.15) is 0 Å². The lowest BCUT2D eigenvalue weighted by atomic mass is 9.86. The Labute approximate surface area is 210 Å². The summed E-state index contributed by atoms with van der Waals surface area (Å²) >= 11 is 0. The van der Waals surface area contributed by atoms with E-state index in [0.717, 1.165) is 63.8 Å². The molecule has 3 rings (SSSR count). The number of carbonyl (C=O) groups excluding carboxylic acids is 1. The Morgan fingerprint density at radius 1 is 1.03 bits per heavy atom. The first-order valence-electron chi connectivity index (χ1n) is 13.2. The quantitative estimate of drug-likeness (QED) is 0.203. The van der Waals surface area contributed by atoms with Crippen LogP contribution in [0.3, 0.4) is 0 Å². The molecule has 0 aromatic heterocycles. The minimum atomic E-state index is -0.294. The lowest BCUT2D eigenvalue weighted by molar-refractivity contribution is 0.0600. The summed E-state index contributed by atoms with van der Waals surface area (Å²) in [5.74, 6) is -0.220. The van der Waals surface area contributed by atoms with Crippen LogP contribution in [-0.4, -0.2) is 60.4 Å². The Kier molecular flexibility index (Phi) is 10.9. The number of nitrogens with zero attached hydrogens (tertiary/aromatic N) is 1. The molecule has 192 valence electrons. The molecule has 35 heavy (non-hydrogen) atoms. The summed E-state index contributed by atoms with van der Waals surface area (Å²) < 4.78 is 4.74. The van der Waals surface area contributed by atoms with E-state index in [4.69, 9.17) is 4.74 Å². The second kappa shape index (κ2) is 14.1. The first kappa shape index (κ1) is 27.0. The van der Waals surface area contributed by atoms with Crippen LogP contribution in [0.1, 0.15) is 72.5 Å². The number of ether oxygens (including phenoxy) is 1. The number of phenols is 2. The van der Waals surface area contributed by atoms with Gasteiger partial charge in [0.2, 0.25) is 0 Å². The number of fused-ring (bicyclic) bond motifs is 1. The molecule has 0 saturated carbocycles. The molecule has 2 aromatic carbocycles. The first-order chi connectivity index (χ1) is 17.0. The molecular weight excluding hydrogens is 440 g/mol. The molecule has 0 fully saturated rings. The number of hydrogen-bond acceptors (Lipinski definition) is 6. The number of benzene rings is 2. The van der Waals surface area contributed by atoms with Crippen LogP contribution >= 0.6 is 0 Å². The summed E-state index contributed by atoms with van der Waals surface area (Å²) in [7, 11) is 1.40. The van der Waals surface area contributed by atoms with Gasteiger partial charge < -0.3 is 25.2 Å². The molecule has 0 heterocycles. The van der Waals surface area contributed by atoms with Crippen LogP contribution in [-0.2, 0) is 24.0 Å². The van der Waals surface area contributed by atoms with E-state index in [0.29, 0.717) is 11.6 Å². The van der Waals surface area contributed by atoms with E-state index >= 15 is 0 Å². The average molecular weight is 483 g/mol. The topological polar surface area (TPSA) is 82.0 Å². The Hall–Kier alpha value is -2.57. The van der Waals surface area contributed by atoms with Crippen molar-refractivity contribution in [2.24, 2.45) is 0 Å². The van der Waals surface area contributed by atoms with Gasteiger partial charge in [-0.05, 0) is 100 Å². The first-order valence-corrected chi connectivity index (χ1v) is 13.2. The standard InChI is InChI=1S/C29H42N2O4/c1-3-19-31(25-13-14-26-24(21-25)12-15-27(32)28(26)33)20-7-5-4-6-17-30-18-16-22-8-10-23(11-9-22)29(34)35-2/h8-12,15,25,30,32-33H,3-7,13-14,16-21H2,1-2H3. The Bertz CT molecular complexity index is 929. The van der Waals surface area contributed by atoms with Gasteiger partial charge in [0.15, 0.2) is 11.5 Å². The van der Waals surface area contributed by atoms with Gasteiger partial charge >= 0.3 is 5.97 Å². The van der Waals surface area contributed by atoms with Gasteiger partial charge in [0.25, 0.3) is 0 Å². The molecule has 0 spiro atoms. The highest BCUT2D eigenvalue weighted by atomic mass is 16.5. The lowest BCUT2D eigenvalue weighted by Crippen LogP contribution is -2.40. The van der Waals surface area contributed by atoms with Gasteiger partial charge in [-0.3, -0.25) is 0 Å². The highest BCUT2D eigenvalue weighted by Gasteiger charge is 2.26. The Balaban J connectivity index is 1.29. The van der Waals surface area contributed by atoms with Gasteiger partial charge in [0.1, 0.15) is 0 Å². The third-order valence-electron chi connectivity index (χ3n) is 7.08. The molecule has 2 aromatic rings. The zero-order chi connectivity index (χ0) is 25.0. The third-order valence-corrected chi connectivity index (χ3v) is 7.08. The van der Waals surface area contributed by atoms with Crippen molar-refractivity contribution in [2.45, 2.75) is 70.8 Å². The van der Waals surface area contributed by atoms with Gasteiger partial charge in [-0.1, -0.05) is 38.0 Å². The highest BCUT2D eigenvalue weighted by Crippen LogP contribution is 2.36. The van der Waals surface area contributed by atoms with Gasteiger partial charge in [0, 0.05) is 11.6 Å². The summed E-state index contributed by atoms with van der Waals surface area (Å²) in [6, 6.07) is 11.8. The molecule has 6 nitrogen and oxygen atoms in total. The van der Waals surface area contributed by atoms with E-state index in [2.05, 4.69) is 17.1 Å². The van der Waals surface area contributed by atoms with E-state index in [1.54, 1.807) is 6.07 Å². The van der Waals surface area contributed by atoms with Crippen molar-refractivity contribution >= 4 is 5.97 Å². The number of unbranched alkanes of at least 4 members (excludes halogenated alkanes) is 3. The maximum Gasteiger partial charge on any atom is 0.337 e. The van der Waals surface area contributed by atoms with Gasteiger partial charge in [-0.25, -0.2) is 4.79 Å². The fraction of sp³-hybridized carbons (Fsp3) is 0.552. The fourth-order valence-electron chi connectivity index (χ4n) is 5.08. The molecule has 1 unspecified atom stereocenters. The minimum absolute atomic E-state index is 0.00334. The predicted octanol–water partition coefficient (Wildman–Crippen LogP) is 4.85. The smallest absolute Gasteiger partial charge is 0.337 e. The van der Waals surface area contributed by atoms with Gasteiger partial charge in [-0.15, -0.1) is 0 Å². The van der Waals surface area contributed by atoms with Crippen LogP contribution in [0.15, 0.2) is 36.4 Å². The molecular formula is C29H42N2O4. The fourth-order valence-corrected chi connectivity index (χ4v) is 5.08. The van der Waals surface area contributed by atoms with Crippen LogP contribution in [0.2, 0.25) is 0 Å². The van der Waals surface area contributed by atoms with Crippen LogP contribution < -0.4 is 5.32 Å². The molecule has 1 atom stereocenters. The summed E-state index contributed by atoms with van der Waals surface area (Å²) in [5.41, 5.74) is 3.93. The van der Waals surface area contributed by atoms with Crippen molar-refractivity contribution in [2.75, 3.05) is 33.3 Å². The number of hydrogen-bond donors (Lipinski definition) is 3. The average Bonchev–Trinajstić information content (AvgIpc) is 2.89. The molecule has 0 amide bonds. The summed E-state index contributed by atoms with van der Waals surface area (Å²) in [6.45, 7) is 6.47.